The fraction of sp³-hybridized carbons (Fsp3) is 0.459. The molecule has 0 bridgehead atoms. The molecule has 206 valence electrons. The first-order valence-corrected chi connectivity index (χ1v) is 17.1. The van der Waals surface area contributed by atoms with Crippen LogP contribution in [-0.4, -0.2) is 0 Å². The molecule has 0 fully saturated rings. The molecule has 39 heavy (non-hydrogen) atoms. The van der Waals surface area contributed by atoms with Crippen LogP contribution in [0.25, 0.3) is 32.7 Å². The number of hydrogen-bond acceptors (Lipinski definition) is 0. The molecule has 0 saturated heterocycles. The third-order valence-electron chi connectivity index (χ3n) is 9.17. The number of fused-ring (bicyclic) bond motifs is 7. The first kappa shape index (κ1) is 28.9. The highest BCUT2D eigenvalue weighted by Gasteiger charge is 2.44. The summed E-state index contributed by atoms with van der Waals surface area (Å²) in [4.78, 5) is 0. The summed E-state index contributed by atoms with van der Waals surface area (Å²) in [6.07, 6.45) is 18.6. The van der Waals surface area contributed by atoms with Crippen molar-refractivity contribution in [2.45, 2.75) is 109 Å². The molecule has 5 rings (SSSR count). The Hall–Kier alpha value is -1.64. The van der Waals surface area contributed by atoms with Crippen LogP contribution >= 0.6 is 31.9 Å². The van der Waals surface area contributed by atoms with Crippen molar-refractivity contribution in [2.75, 3.05) is 0 Å². The smallest absolute Gasteiger partial charge is 0.0260 e. The van der Waals surface area contributed by atoms with Gasteiger partial charge in [-0.15, -0.1) is 0 Å². The molecule has 0 aromatic heterocycles. The number of halogens is 2. The molecule has 0 nitrogen and oxygen atoms in total. The Labute approximate surface area is 253 Å². The van der Waals surface area contributed by atoms with Crippen molar-refractivity contribution >= 4 is 53.4 Å². The third kappa shape index (κ3) is 5.76. The largest absolute Gasteiger partial charge is 0.0654 e. The lowest BCUT2D eigenvalue weighted by Crippen LogP contribution is -2.26. The minimum Gasteiger partial charge on any atom is -0.0654 e. The Bertz CT molecular complexity index is 1400. The van der Waals surface area contributed by atoms with E-state index in [1.807, 2.05) is 0 Å². The van der Waals surface area contributed by atoms with Crippen molar-refractivity contribution < 1.29 is 0 Å². The van der Waals surface area contributed by atoms with E-state index < -0.39 is 0 Å². The molecule has 4 aromatic rings. The van der Waals surface area contributed by atoms with Crippen LogP contribution in [0.2, 0.25) is 0 Å². The monoisotopic (exact) mass is 646 g/mol. The lowest BCUT2D eigenvalue weighted by Gasteiger charge is -2.34. The van der Waals surface area contributed by atoms with Crippen molar-refractivity contribution in [1.29, 1.82) is 0 Å². The summed E-state index contributed by atoms with van der Waals surface area (Å²) in [7, 11) is 0. The fourth-order valence-corrected chi connectivity index (χ4v) is 8.39. The molecule has 0 spiro atoms. The Balaban J connectivity index is 1.66. The van der Waals surface area contributed by atoms with Crippen molar-refractivity contribution in [3.8, 4) is 11.1 Å². The number of benzene rings is 4. The van der Waals surface area contributed by atoms with Crippen molar-refractivity contribution in [2.24, 2.45) is 0 Å². The third-order valence-corrected chi connectivity index (χ3v) is 10.5. The van der Waals surface area contributed by atoms with Gasteiger partial charge in [-0.3, -0.25) is 0 Å². The Morgan fingerprint density at radius 2 is 1.00 bits per heavy atom. The normalized spacial score (nSPS) is 13.7. The van der Waals surface area contributed by atoms with Gasteiger partial charge >= 0.3 is 0 Å². The molecule has 4 aromatic carbocycles. The maximum Gasteiger partial charge on any atom is 0.0260 e. The standard InChI is InChI=1S/C37H44Br2/c1-3-5-7-9-11-17-23-37(24-18-12-10-8-6-4-2)32-26-34(39)27-19-13-15-21-29(27)35(32)31-25-33(38)28-20-14-16-22-30(28)36(31)37/h13-16,19-22,25-26H,3-12,17-18,23-24H2,1-2H3. The quantitative estimate of drug-likeness (QED) is 0.119. The zero-order valence-electron chi connectivity index (χ0n) is 23.9. The van der Waals surface area contributed by atoms with Gasteiger partial charge in [-0.1, -0.05) is 171 Å². The summed E-state index contributed by atoms with van der Waals surface area (Å²) in [5, 5.41) is 5.50. The predicted molar refractivity (Wildman–Crippen MR) is 179 cm³/mol. The average Bonchev–Trinajstić information content (AvgIpc) is 3.22. The van der Waals surface area contributed by atoms with Crippen LogP contribution in [0.3, 0.4) is 0 Å². The molecule has 0 aliphatic heterocycles. The molecule has 0 heterocycles. The second kappa shape index (κ2) is 13.3. The van der Waals surface area contributed by atoms with Crippen LogP contribution in [0.4, 0.5) is 0 Å². The molecule has 1 aliphatic carbocycles. The van der Waals surface area contributed by atoms with E-state index in [1.54, 1.807) is 11.1 Å². The van der Waals surface area contributed by atoms with E-state index in [0.29, 0.717) is 0 Å². The minimum absolute atomic E-state index is 0.0625. The highest BCUT2D eigenvalue weighted by Crippen LogP contribution is 2.59. The Kier molecular flexibility index (Phi) is 9.88. The van der Waals surface area contributed by atoms with Crippen LogP contribution < -0.4 is 0 Å². The molecule has 0 amide bonds. The average molecular weight is 649 g/mol. The summed E-state index contributed by atoms with van der Waals surface area (Å²) < 4.78 is 2.45. The van der Waals surface area contributed by atoms with Crippen molar-refractivity contribution in [3.63, 3.8) is 0 Å². The van der Waals surface area contributed by atoms with Gasteiger partial charge in [-0.2, -0.15) is 0 Å². The van der Waals surface area contributed by atoms with Gasteiger partial charge in [-0.25, -0.2) is 0 Å². The molecule has 0 radical (unpaired) electrons. The fourth-order valence-electron chi connectivity index (χ4n) is 7.24. The van der Waals surface area contributed by atoms with Gasteiger partial charge in [0.15, 0.2) is 0 Å². The van der Waals surface area contributed by atoms with Crippen molar-refractivity contribution in [1.82, 2.24) is 0 Å². The number of hydrogen-bond donors (Lipinski definition) is 0. The van der Waals surface area contributed by atoms with E-state index in [2.05, 4.69) is 106 Å². The maximum atomic E-state index is 4.02. The van der Waals surface area contributed by atoms with Gasteiger partial charge in [0.1, 0.15) is 0 Å². The van der Waals surface area contributed by atoms with Crippen LogP contribution in [0.15, 0.2) is 69.6 Å². The highest BCUT2D eigenvalue weighted by molar-refractivity contribution is 9.11. The summed E-state index contributed by atoms with van der Waals surface area (Å²) in [5.41, 5.74) is 6.16. The zero-order valence-corrected chi connectivity index (χ0v) is 27.1. The summed E-state index contributed by atoms with van der Waals surface area (Å²) in [6, 6.07) is 23.1. The van der Waals surface area contributed by atoms with Gasteiger partial charge in [0.25, 0.3) is 0 Å². The van der Waals surface area contributed by atoms with E-state index in [-0.39, 0.29) is 5.41 Å². The zero-order chi connectivity index (χ0) is 27.2. The van der Waals surface area contributed by atoms with Gasteiger partial charge in [0.2, 0.25) is 0 Å². The highest BCUT2D eigenvalue weighted by atomic mass is 79.9. The first-order chi connectivity index (χ1) is 19.1. The second-order valence-electron chi connectivity index (χ2n) is 11.8. The molecular weight excluding hydrogens is 604 g/mol. The van der Waals surface area contributed by atoms with E-state index >= 15 is 0 Å². The van der Waals surface area contributed by atoms with Gasteiger partial charge in [-0.05, 0) is 68.8 Å². The summed E-state index contributed by atoms with van der Waals surface area (Å²) >= 11 is 8.01. The van der Waals surface area contributed by atoms with Gasteiger partial charge in [0.05, 0.1) is 0 Å². The van der Waals surface area contributed by atoms with Crippen LogP contribution in [0, 0.1) is 0 Å². The Morgan fingerprint density at radius 3 is 1.59 bits per heavy atom. The Morgan fingerprint density at radius 1 is 0.538 bits per heavy atom. The molecule has 2 heteroatoms. The maximum absolute atomic E-state index is 4.02. The number of rotatable bonds is 14. The first-order valence-electron chi connectivity index (χ1n) is 15.6. The molecule has 1 aliphatic rings. The summed E-state index contributed by atoms with van der Waals surface area (Å²) in [6.45, 7) is 4.63. The summed E-state index contributed by atoms with van der Waals surface area (Å²) in [5.74, 6) is 0. The number of unbranched alkanes of at least 4 members (excludes halogenated alkanes) is 10. The molecule has 0 atom stereocenters. The predicted octanol–water partition coefficient (Wildman–Crippen LogP) is 13.3. The van der Waals surface area contributed by atoms with Crippen LogP contribution in [-0.2, 0) is 5.41 Å². The second-order valence-corrected chi connectivity index (χ2v) is 13.5. The van der Waals surface area contributed by atoms with E-state index in [9.17, 15) is 0 Å². The van der Waals surface area contributed by atoms with Gasteiger partial charge < -0.3 is 0 Å². The molecule has 0 unspecified atom stereocenters. The van der Waals surface area contributed by atoms with Crippen LogP contribution in [0.1, 0.15) is 115 Å². The lowest BCUT2D eigenvalue weighted by atomic mass is 9.69. The van der Waals surface area contributed by atoms with Crippen LogP contribution in [0.5, 0.6) is 0 Å². The van der Waals surface area contributed by atoms with Gasteiger partial charge in [0, 0.05) is 14.4 Å². The van der Waals surface area contributed by atoms with E-state index in [4.69, 9.17) is 0 Å². The van der Waals surface area contributed by atoms with E-state index in [0.717, 1.165) is 0 Å². The SMILES string of the molecule is CCCCCCCCC1(CCCCCCCC)c2cc(Br)c3ccccc3c2-c2cc(Br)c3ccccc3c21. The molecule has 0 N–H and O–H groups in total. The lowest BCUT2D eigenvalue weighted by molar-refractivity contribution is 0.400. The minimum atomic E-state index is 0.0625. The molecule has 0 saturated carbocycles. The van der Waals surface area contributed by atoms with E-state index in [1.165, 1.54) is 132 Å². The molecular formula is C37H44Br2. The topological polar surface area (TPSA) is 0 Å². The van der Waals surface area contributed by atoms with Crippen molar-refractivity contribution in [3.05, 3.63) is 80.7 Å².